The van der Waals surface area contributed by atoms with Crippen molar-refractivity contribution in [3.05, 3.63) is 89.1 Å². The van der Waals surface area contributed by atoms with Gasteiger partial charge in [-0.15, -0.1) is 0 Å². The molecule has 6 nitrogen and oxygen atoms in total. The Hall–Kier alpha value is -3.67. The summed E-state index contributed by atoms with van der Waals surface area (Å²) in [6.45, 7) is 0. The van der Waals surface area contributed by atoms with Crippen LogP contribution >= 0.6 is 0 Å². The molecule has 0 radical (unpaired) electrons. The maximum atomic E-state index is 13.7. The first-order valence-corrected chi connectivity index (χ1v) is 10.5. The van der Waals surface area contributed by atoms with E-state index in [0.29, 0.717) is 0 Å². The number of nitrogens with one attached hydrogen (secondary N) is 1. The van der Waals surface area contributed by atoms with Gasteiger partial charge in [-0.2, -0.15) is 0 Å². The van der Waals surface area contributed by atoms with E-state index in [1.54, 1.807) is 13.3 Å². The van der Waals surface area contributed by atoms with E-state index in [-0.39, 0.29) is 11.9 Å². The predicted octanol–water partition coefficient (Wildman–Crippen LogP) is 3.99. The van der Waals surface area contributed by atoms with Crippen molar-refractivity contribution in [1.82, 2.24) is 19.9 Å². The Morgan fingerprint density at radius 3 is 2.68 bits per heavy atom. The van der Waals surface area contributed by atoms with Gasteiger partial charge in [0, 0.05) is 30.5 Å². The molecule has 0 fully saturated rings. The van der Waals surface area contributed by atoms with Gasteiger partial charge in [-0.3, -0.25) is 9.78 Å². The molecule has 6 heteroatoms. The number of carbonyl (C=O) groups excluding carboxylic acids is 1. The van der Waals surface area contributed by atoms with Gasteiger partial charge in [0.1, 0.15) is 17.6 Å². The van der Waals surface area contributed by atoms with Crippen LogP contribution in [0.15, 0.2) is 60.9 Å². The van der Waals surface area contributed by atoms with Crippen LogP contribution in [0.3, 0.4) is 0 Å². The van der Waals surface area contributed by atoms with E-state index in [9.17, 15) is 4.79 Å². The third kappa shape index (κ3) is 3.44. The van der Waals surface area contributed by atoms with Gasteiger partial charge in [0.25, 0.3) is 5.91 Å². The molecule has 0 spiro atoms. The van der Waals surface area contributed by atoms with E-state index in [2.05, 4.69) is 10.3 Å². The van der Waals surface area contributed by atoms with Crippen molar-refractivity contribution >= 4 is 16.8 Å². The van der Waals surface area contributed by atoms with Gasteiger partial charge in [0.15, 0.2) is 0 Å². The molecule has 0 saturated heterocycles. The van der Waals surface area contributed by atoms with E-state index < -0.39 is 0 Å². The number of para-hydroxylation sites is 1. The van der Waals surface area contributed by atoms with Crippen LogP contribution in [0, 0.1) is 0 Å². The fourth-order valence-electron chi connectivity index (χ4n) is 4.42. The average Bonchev–Trinajstić information content (AvgIpc) is 3.44. The number of methoxy groups -OCH3 is 1. The Kier molecular flexibility index (Phi) is 4.90. The summed E-state index contributed by atoms with van der Waals surface area (Å²) in [6.07, 6.45) is 6.46. The maximum absolute atomic E-state index is 13.7. The summed E-state index contributed by atoms with van der Waals surface area (Å²) in [5.74, 6) is 1.45. The van der Waals surface area contributed by atoms with Crippen molar-refractivity contribution in [2.45, 2.75) is 25.3 Å². The lowest BCUT2D eigenvalue weighted by atomic mass is 9.99. The van der Waals surface area contributed by atoms with E-state index >= 15 is 0 Å². The predicted molar refractivity (Wildman–Crippen MR) is 119 cm³/mol. The Morgan fingerprint density at radius 2 is 1.94 bits per heavy atom. The third-order valence-electron chi connectivity index (χ3n) is 5.99. The summed E-state index contributed by atoms with van der Waals surface area (Å²) in [6, 6.07) is 15.2. The normalized spacial score (nSPS) is 13.7. The number of carbonyl (C=O) groups is 1. The van der Waals surface area contributed by atoms with Crippen LogP contribution in [0.2, 0.25) is 0 Å². The Bertz CT molecular complexity index is 1260. The number of hydrogen-bond donors (Lipinski definition) is 1. The van der Waals surface area contributed by atoms with E-state index in [1.165, 1.54) is 0 Å². The fourth-order valence-corrected chi connectivity index (χ4v) is 4.42. The van der Waals surface area contributed by atoms with Gasteiger partial charge in [-0.25, -0.2) is 4.98 Å². The first-order chi connectivity index (χ1) is 15.2. The van der Waals surface area contributed by atoms with Crippen LogP contribution in [-0.2, 0) is 19.9 Å². The molecule has 2 aromatic carbocycles. The van der Waals surface area contributed by atoms with Gasteiger partial charge < -0.3 is 14.6 Å². The number of nitrogens with zero attached hydrogens (tertiary/aromatic N) is 3. The fraction of sp³-hybridized carbons (Fsp3) is 0.240. The number of benzene rings is 2. The van der Waals surface area contributed by atoms with Crippen LogP contribution in [-0.4, -0.2) is 27.6 Å². The average molecular weight is 412 g/mol. The number of aromatic nitrogens is 3. The minimum absolute atomic E-state index is 0.0967. The zero-order valence-electron chi connectivity index (χ0n) is 17.6. The number of pyridine rings is 1. The summed E-state index contributed by atoms with van der Waals surface area (Å²) in [5.41, 5.74) is 4.67. The van der Waals surface area contributed by atoms with Crippen LogP contribution in [0.4, 0.5) is 0 Å². The minimum Gasteiger partial charge on any atom is -0.497 e. The topological polar surface area (TPSA) is 69.0 Å². The van der Waals surface area contributed by atoms with Crippen molar-refractivity contribution in [3.8, 4) is 5.75 Å². The lowest BCUT2D eigenvalue weighted by Gasteiger charge is -2.21. The number of fused-ring (bicyclic) bond motifs is 2. The van der Waals surface area contributed by atoms with Crippen molar-refractivity contribution in [2.75, 3.05) is 7.11 Å². The molecule has 2 aromatic heterocycles. The molecule has 5 rings (SSSR count). The molecule has 2 heterocycles. The van der Waals surface area contributed by atoms with Crippen LogP contribution in [0.25, 0.3) is 10.9 Å². The molecule has 156 valence electrons. The zero-order valence-corrected chi connectivity index (χ0v) is 17.6. The lowest BCUT2D eigenvalue weighted by molar-refractivity contribution is 0.0942. The van der Waals surface area contributed by atoms with Crippen molar-refractivity contribution in [3.63, 3.8) is 0 Å². The standard InChI is InChI=1S/C25H24N4O2/c1-29-15-14-26-24(29)23(16-10-12-17(31-2)13-11-16)28-25(30)22-18-6-3-4-8-20(18)27-21-9-5-7-19(21)22/h3-4,6,8,10-15,23H,5,7,9H2,1-2H3,(H,28,30). The molecule has 0 saturated carbocycles. The Labute approximate surface area is 180 Å². The minimum atomic E-state index is -0.387. The van der Waals surface area contributed by atoms with Gasteiger partial charge in [-0.05, 0) is 48.6 Å². The van der Waals surface area contributed by atoms with Gasteiger partial charge in [-0.1, -0.05) is 30.3 Å². The first kappa shape index (κ1) is 19.3. The number of rotatable bonds is 5. The molecule has 0 aliphatic heterocycles. The molecular weight excluding hydrogens is 388 g/mol. The smallest absolute Gasteiger partial charge is 0.253 e. The van der Waals surface area contributed by atoms with Crippen molar-refractivity contribution < 1.29 is 9.53 Å². The highest BCUT2D eigenvalue weighted by atomic mass is 16.5. The summed E-state index contributed by atoms with van der Waals surface area (Å²) >= 11 is 0. The zero-order chi connectivity index (χ0) is 21.4. The molecule has 1 amide bonds. The highest BCUT2D eigenvalue weighted by Crippen LogP contribution is 2.31. The van der Waals surface area contributed by atoms with Gasteiger partial charge in [0.05, 0.1) is 18.2 Å². The lowest BCUT2D eigenvalue weighted by Crippen LogP contribution is -2.32. The van der Waals surface area contributed by atoms with Crippen LogP contribution in [0.5, 0.6) is 5.75 Å². The second-order valence-electron chi connectivity index (χ2n) is 7.86. The number of amides is 1. The van der Waals surface area contributed by atoms with Crippen molar-refractivity contribution in [2.24, 2.45) is 7.05 Å². The van der Waals surface area contributed by atoms with E-state index in [0.717, 1.165) is 64.1 Å². The maximum Gasteiger partial charge on any atom is 0.253 e. The molecule has 4 aromatic rings. The summed E-state index contributed by atoms with van der Waals surface area (Å²) in [7, 11) is 3.58. The second kappa shape index (κ2) is 7.87. The molecule has 31 heavy (non-hydrogen) atoms. The van der Waals surface area contributed by atoms with Gasteiger partial charge >= 0.3 is 0 Å². The Morgan fingerprint density at radius 1 is 1.13 bits per heavy atom. The van der Waals surface area contributed by atoms with Crippen molar-refractivity contribution in [1.29, 1.82) is 0 Å². The molecule has 0 bridgehead atoms. The van der Waals surface area contributed by atoms with Gasteiger partial charge in [0.2, 0.25) is 0 Å². The molecule has 1 aliphatic carbocycles. The summed E-state index contributed by atoms with van der Waals surface area (Å²) < 4.78 is 7.23. The highest BCUT2D eigenvalue weighted by molar-refractivity contribution is 6.08. The monoisotopic (exact) mass is 412 g/mol. The van der Waals surface area contributed by atoms with Crippen LogP contribution < -0.4 is 10.1 Å². The summed E-state index contributed by atoms with van der Waals surface area (Å²) in [4.78, 5) is 23.1. The van der Waals surface area contributed by atoms with Crippen LogP contribution in [0.1, 0.15) is 45.5 Å². The molecule has 1 aliphatic rings. The third-order valence-corrected chi connectivity index (χ3v) is 5.99. The quantitative estimate of drug-likeness (QED) is 0.538. The van der Waals surface area contributed by atoms with E-state index in [4.69, 9.17) is 9.72 Å². The number of aryl methyl sites for hydroxylation is 2. The largest absolute Gasteiger partial charge is 0.497 e. The Balaban J connectivity index is 1.59. The highest BCUT2D eigenvalue weighted by Gasteiger charge is 2.27. The first-order valence-electron chi connectivity index (χ1n) is 10.5. The second-order valence-corrected chi connectivity index (χ2v) is 7.86. The molecule has 1 unspecified atom stereocenters. The summed E-state index contributed by atoms with van der Waals surface area (Å²) in [5, 5.41) is 4.16. The number of imidazole rings is 1. The SMILES string of the molecule is COc1ccc(C(NC(=O)c2c3c(nc4ccccc24)CCC3)c2nccn2C)cc1. The number of ether oxygens (including phenoxy) is 1. The van der Waals surface area contributed by atoms with E-state index in [1.807, 2.05) is 66.3 Å². The molecule has 1 atom stereocenters. The molecular formula is C25H24N4O2. The molecule has 1 N–H and O–H groups in total. The number of hydrogen-bond acceptors (Lipinski definition) is 4.